The van der Waals surface area contributed by atoms with E-state index >= 15 is 0 Å². The summed E-state index contributed by atoms with van der Waals surface area (Å²) in [6, 6.07) is 6.31. The van der Waals surface area contributed by atoms with Crippen molar-refractivity contribution in [1.82, 2.24) is 24.7 Å². The van der Waals surface area contributed by atoms with Gasteiger partial charge < -0.3 is 10.5 Å². The number of hydrogen-bond acceptors (Lipinski definition) is 7. The lowest BCUT2D eigenvalue weighted by atomic mass is 10.0. The van der Waals surface area contributed by atoms with Crippen molar-refractivity contribution in [2.24, 2.45) is 7.05 Å². The molecule has 0 atom stereocenters. The first-order valence-electron chi connectivity index (χ1n) is 11.7. The third-order valence-corrected chi connectivity index (χ3v) is 6.66. The molecular formula is C25H22F3N7O2. The van der Waals surface area contributed by atoms with Crippen LogP contribution in [-0.4, -0.2) is 30.6 Å². The summed E-state index contributed by atoms with van der Waals surface area (Å²) in [6.45, 7) is 0.789. The molecule has 0 radical (unpaired) electrons. The lowest BCUT2D eigenvalue weighted by Crippen LogP contribution is -2.32. The number of anilines is 2. The molecule has 0 spiro atoms. The minimum absolute atomic E-state index is 0.0153. The van der Waals surface area contributed by atoms with E-state index in [0.29, 0.717) is 41.9 Å². The molecule has 1 aliphatic carbocycles. The van der Waals surface area contributed by atoms with Crippen LogP contribution in [-0.2, 0) is 37.7 Å². The van der Waals surface area contributed by atoms with Crippen LogP contribution in [0.15, 0.2) is 36.7 Å². The molecule has 1 aromatic carbocycles. The van der Waals surface area contributed by atoms with E-state index in [2.05, 4.69) is 20.1 Å². The van der Waals surface area contributed by atoms with E-state index in [1.54, 1.807) is 6.07 Å². The zero-order valence-electron chi connectivity index (χ0n) is 19.8. The largest absolute Gasteiger partial charge is 0.435 e. The highest BCUT2D eigenvalue weighted by molar-refractivity contribution is 6.05. The van der Waals surface area contributed by atoms with E-state index in [4.69, 9.17) is 10.5 Å². The second kappa shape index (κ2) is 8.51. The molecule has 12 heteroatoms. The van der Waals surface area contributed by atoms with Gasteiger partial charge in [-0.25, -0.2) is 15.0 Å². The number of rotatable bonds is 5. The molecule has 0 saturated heterocycles. The molecule has 190 valence electrons. The Balaban J connectivity index is 1.39. The number of nitrogens with zero attached hydrogens (tertiary/aromatic N) is 6. The normalized spacial score (nSPS) is 15.2. The highest BCUT2D eigenvalue weighted by Crippen LogP contribution is 2.38. The van der Waals surface area contributed by atoms with Crippen molar-refractivity contribution >= 4 is 28.4 Å². The molecule has 4 aromatic rings. The number of alkyl halides is 3. The number of benzene rings is 1. The van der Waals surface area contributed by atoms with Gasteiger partial charge in [0.05, 0.1) is 30.8 Å². The van der Waals surface area contributed by atoms with Crippen LogP contribution in [0.1, 0.15) is 57.3 Å². The van der Waals surface area contributed by atoms with E-state index in [-0.39, 0.29) is 17.9 Å². The van der Waals surface area contributed by atoms with Gasteiger partial charge in [0.15, 0.2) is 5.69 Å². The van der Waals surface area contributed by atoms with Crippen LogP contribution in [0.3, 0.4) is 0 Å². The molecule has 1 saturated carbocycles. The van der Waals surface area contributed by atoms with Gasteiger partial charge in [-0.1, -0.05) is 12.1 Å². The summed E-state index contributed by atoms with van der Waals surface area (Å²) >= 11 is 0. The number of pyridine rings is 1. The molecule has 1 fully saturated rings. The highest BCUT2D eigenvalue weighted by Gasteiger charge is 2.36. The Bertz CT molecular complexity index is 1530. The van der Waals surface area contributed by atoms with E-state index in [0.717, 1.165) is 40.1 Å². The summed E-state index contributed by atoms with van der Waals surface area (Å²) in [7, 11) is 1.36. The van der Waals surface area contributed by atoms with Gasteiger partial charge in [-0.15, -0.1) is 0 Å². The Kier molecular flexibility index (Phi) is 5.37. The van der Waals surface area contributed by atoms with Crippen molar-refractivity contribution in [1.29, 1.82) is 0 Å². The Morgan fingerprint density at radius 1 is 1.16 bits per heavy atom. The number of nitrogen functional groups attached to an aromatic ring is 1. The molecule has 4 heterocycles. The molecule has 2 N–H and O–H groups in total. The van der Waals surface area contributed by atoms with Crippen LogP contribution in [0.5, 0.6) is 0 Å². The average molecular weight is 509 g/mol. The lowest BCUT2D eigenvalue weighted by molar-refractivity contribution is -0.141. The quantitative estimate of drug-likeness (QED) is 0.431. The minimum Gasteiger partial charge on any atom is -0.383 e. The number of ether oxygens (including phenoxy) is 1. The topological polar surface area (TPSA) is 112 Å². The number of hydrogen-bond donors (Lipinski definition) is 1. The lowest BCUT2D eigenvalue weighted by Gasteiger charge is -2.23. The van der Waals surface area contributed by atoms with Gasteiger partial charge in [-0.2, -0.15) is 18.3 Å². The summed E-state index contributed by atoms with van der Waals surface area (Å²) < 4.78 is 46.8. The Morgan fingerprint density at radius 3 is 2.57 bits per heavy atom. The molecular weight excluding hydrogens is 487 g/mol. The van der Waals surface area contributed by atoms with E-state index in [9.17, 15) is 18.0 Å². The summed E-state index contributed by atoms with van der Waals surface area (Å²) in [4.78, 5) is 27.9. The molecule has 1 aliphatic heterocycles. The van der Waals surface area contributed by atoms with Gasteiger partial charge in [0.25, 0.3) is 5.91 Å². The molecule has 37 heavy (non-hydrogen) atoms. The van der Waals surface area contributed by atoms with Crippen molar-refractivity contribution in [2.75, 3.05) is 10.6 Å². The number of nitrogens with two attached hydrogens (primary N) is 1. The van der Waals surface area contributed by atoms with Crippen molar-refractivity contribution in [3.63, 3.8) is 0 Å². The number of halogens is 3. The fourth-order valence-electron chi connectivity index (χ4n) is 4.56. The number of carbonyl (C=O) groups excluding carboxylic acids is 1. The van der Waals surface area contributed by atoms with Crippen molar-refractivity contribution in [3.05, 3.63) is 70.4 Å². The first kappa shape index (κ1) is 23.3. The summed E-state index contributed by atoms with van der Waals surface area (Å²) in [5.41, 5.74) is 8.29. The first-order valence-corrected chi connectivity index (χ1v) is 11.7. The predicted molar refractivity (Wildman–Crippen MR) is 127 cm³/mol. The summed E-state index contributed by atoms with van der Waals surface area (Å²) in [6.07, 6.45) is 0.188. The average Bonchev–Trinajstić information content (AvgIpc) is 3.45. The molecule has 1 amide bonds. The van der Waals surface area contributed by atoms with Gasteiger partial charge in [0, 0.05) is 42.4 Å². The number of carbonyl (C=O) groups is 1. The third kappa shape index (κ3) is 4.26. The SMILES string of the molecule is Cn1nc(C(F)(F)F)cc1N(Cc1ccc2c3c(c(N)nc2c1)COC3)C(=O)c1cnc(C2CC2)nc1. The summed E-state index contributed by atoms with van der Waals surface area (Å²) in [5.74, 6) is 0.778. The first-order chi connectivity index (χ1) is 17.7. The maximum absolute atomic E-state index is 13.6. The smallest absolute Gasteiger partial charge is 0.383 e. The van der Waals surface area contributed by atoms with Gasteiger partial charge >= 0.3 is 6.18 Å². The van der Waals surface area contributed by atoms with Crippen LogP contribution in [0.25, 0.3) is 10.9 Å². The minimum atomic E-state index is -4.66. The second-order valence-electron chi connectivity index (χ2n) is 9.30. The molecule has 2 aliphatic rings. The number of aryl methyl sites for hydroxylation is 1. The monoisotopic (exact) mass is 509 g/mol. The molecule has 6 rings (SSSR count). The molecule has 9 nitrogen and oxygen atoms in total. The molecule has 0 unspecified atom stereocenters. The number of aromatic nitrogens is 5. The van der Waals surface area contributed by atoms with Crippen LogP contribution in [0.4, 0.5) is 24.8 Å². The molecule has 0 bridgehead atoms. The summed E-state index contributed by atoms with van der Waals surface area (Å²) in [5, 5.41) is 4.47. The predicted octanol–water partition coefficient (Wildman–Crippen LogP) is 4.11. The maximum Gasteiger partial charge on any atom is 0.435 e. The number of fused-ring (bicyclic) bond motifs is 3. The zero-order chi connectivity index (χ0) is 25.9. The maximum atomic E-state index is 13.6. The van der Waals surface area contributed by atoms with Crippen molar-refractivity contribution in [3.8, 4) is 0 Å². The van der Waals surface area contributed by atoms with E-state index in [1.165, 1.54) is 24.3 Å². The fourth-order valence-corrected chi connectivity index (χ4v) is 4.56. The van der Waals surface area contributed by atoms with Crippen molar-refractivity contribution in [2.45, 2.75) is 44.7 Å². The Morgan fingerprint density at radius 2 is 1.89 bits per heavy atom. The van der Waals surface area contributed by atoms with Gasteiger partial charge in [0.1, 0.15) is 17.5 Å². The van der Waals surface area contributed by atoms with Crippen LogP contribution in [0.2, 0.25) is 0 Å². The van der Waals surface area contributed by atoms with Crippen LogP contribution in [0, 0.1) is 0 Å². The second-order valence-corrected chi connectivity index (χ2v) is 9.30. The Hall–Kier alpha value is -4.06. The van der Waals surface area contributed by atoms with Gasteiger partial charge in [-0.3, -0.25) is 14.4 Å². The van der Waals surface area contributed by atoms with Gasteiger partial charge in [-0.05, 0) is 30.0 Å². The van der Waals surface area contributed by atoms with E-state index in [1.807, 2.05) is 12.1 Å². The third-order valence-electron chi connectivity index (χ3n) is 6.66. The zero-order valence-corrected chi connectivity index (χ0v) is 19.8. The molecule has 3 aromatic heterocycles. The van der Waals surface area contributed by atoms with Crippen LogP contribution >= 0.6 is 0 Å². The van der Waals surface area contributed by atoms with Crippen LogP contribution < -0.4 is 10.6 Å². The Labute approximate surface area is 209 Å². The standard InChI is InChI=1S/C25H22F3N7O2/c1-34-21(7-20(33-34)25(26,27)28)35(24(36)15-8-30-23(31-9-15)14-3-4-14)10-13-2-5-16-17-11-37-12-18(17)22(29)32-19(16)6-13/h2,5-9,14H,3-4,10-12H2,1H3,(H2,29,32). The fraction of sp³-hybridized carbons (Fsp3) is 0.320. The van der Waals surface area contributed by atoms with E-state index < -0.39 is 17.8 Å². The number of amides is 1. The highest BCUT2D eigenvalue weighted by atomic mass is 19.4. The van der Waals surface area contributed by atoms with Gasteiger partial charge in [0.2, 0.25) is 0 Å². The van der Waals surface area contributed by atoms with Crippen molar-refractivity contribution < 1.29 is 22.7 Å².